The summed E-state index contributed by atoms with van der Waals surface area (Å²) < 4.78 is 16.8. The summed E-state index contributed by atoms with van der Waals surface area (Å²) in [4.78, 5) is 35.1. The fourth-order valence-electron chi connectivity index (χ4n) is 4.74. The number of nitrogens with one attached hydrogen (secondary N) is 1. The van der Waals surface area contributed by atoms with Crippen molar-refractivity contribution in [1.29, 1.82) is 0 Å². The summed E-state index contributed by atoms with van der Waals surface area (Å²) in [6.45, 7) is 2.69. The maximum Gasteiger partial charge on any atom is 0.413 e. The zero-order chi connectivity index (χ0) is 27.7. The zero-order valence-electron chi connectivity index (χ0n) is 22.6. The Morgan fingerprint density at radius 2 is 1.88 bits per heavy atom. The van der Waals surface area contributed by atoms with E-state index in [1.165, 1.54) is 43.4 Å². The minimum atomic E-state index is -0.558. The molecule has 0 atom stereocenters. The van der Waals surface area contributed by atoms with Gasteiger partial charge in [-0.1, -0.05) is 43.4 Å². The van der Waals surface area contributed by atoms with Crippen molar-refractivity contribution in [3.63, 3.8) is 0 Å². The molecule has 3 aromatic heterocycles. The molecular weight excluding hydrogens is 528 g/mol. The Kier molecular flexibility index (Phi) is 9.12. The minimum Gasteiger partial charge on any atom is -0.496 e. The van der Waals surface area contributed by atoms with E-state index in [0.717, 1.165) is 28.5 Å². The fraction of sp³-hybridized carbons (Fsp3) is 0.379. The van der Waals surface area contributed by atoms with E-state index in [1.54, 1.807) is 38.8 Å². The highest BCUT2D eigenvalue weighted by Crippen LogP contribution is 2.37. The first kappa shape index (κ1) is 27.4. The van der Waals surface area contributed by atoms with Crippen LogP contribution in [0.3, 0.4) is 0 Å². The first-order chi connectivity index (χ1) is 19.6. The molecule has 1 N–H and O–H groups in total. The second-order valence-corrected chi connectivity index (χ2v) is 10.5. The van der Waals surface area contributed by atoms with Crippen molar-refractivity contribution in [2.75, 3.05) is 25.6 Å². The van der Waals surface area contributed by atoms with Gasteiger partial charge in [-0.05, 0) is 43.5 Å². The topological polar surface area (TPSA) is 121 Å². The summed E-state index contributed by atoms with van der Waals surface area (Å²) in [6, 6.07) is 7.63. The lowest BCUT2D eigenvalue weighted by Gasteiger charge is -2.21. The van der Waals surface area contributed by atoms with Crippen LogP contribution < -0.4 is 14.8 Å². The van der Waals surface area contributed by atoms with Gasteiger partial charge in [0, 0.05) is 24.2 Å². The van der Waals surface area contributed by atoms with Crippen LogP contribution in [-0.4, -0.2) is 51.3 Å². The molecular formula is C29H32N6O4S. The number of amides is 1. The van der Waals surface area contributed by atoms with Crippen LogP contribution in [0, 0.1) is 5.92 Å². The van der Waals surface area contributed by atoms with Crippen molar-refractivity contribution in [1.82, 2.24) is 24.9 Å². The smallest absolute Gasteiger partial charge is 0.413 e. The summed E-state index contributed by atoms with van der Waals surface area (Å²) in [5.74, 6) is 2.56. The van der Waals surface area contributed by atoms with Gasteiger partial charge in [-0.15, -0.1) is 0 Å². The first-order valence-electron chi connectivity index (χ1n) is 13.5. The van der Waals surface area contributed by atoms with E-state index < -0.39 is 6.09 Å². The number of ether oxygens (including phenoxy) is 3. The highest BCUT2D eigenvalue weighted by Gasteiger charge is 2.18. The van der Waals surface area contributed by atoms with Gasteiger partial charge in [-0.25, -0.2) is 24.7 Å². The summed E-state index contributed by atoms with van der Waals surface area (Å²) >= 11 is 1.28. The predicted molar refractivity (Wildman–Crippen MR) is 153 cm³/mol. The molecule has 1 fully saturated rings. The van der Waals surface area contributed by atoms with Crippen molar-refractivity contribution < 1.29 is 19.0 Å². The quantitative estimate of drug-likeness (QED) is 0.227. The van der Waals surface area contributed by atoms with Gasteiger partial charge in [0.2, 0.25) is 0 Å². The summed E-state index contributed by atoms with van der Waals surface area (Å²) in [6.07, 6.45) is 13.5. The number of aromatic nitrogens is 5. The van der Waals surface area contributed by atoms with Gasteiger partial charge >= 0.3 is 6.09 Å². The second-order valence-electron chi connectivity index (χ2n) is 9.43. The minimum absolute atomic E-state index is 0.270. The van der Waals surface area contributed by atoms with Gasteiger partial charge < -0.3 is 14.2 Å². The number of carbonyl (C=O) groups is 1. The molecule has 5 rings (SSSR count). The van der Waals surface area contributed by atoms with Crippen molar-refractivity contribution in [3.05, 3.63) is 49.1 Å². The molecule has 1 amide bonds. The molecule has 1 saturated carbocycles. The number of hydrogen-bond acceptors (Lipinski definition) is 10. The van der Waals surface area contributed by atoms with Crippen molar-refractivity contribution in [3.8, 4) is 44.8 Å². The highest BCUT2D eigenvalue weighted by atomic mass is 32.1. The molecule has 0 unspecified atom stereocenters. The molecule has 0 saturated heterocycles. The lowest BCUT2D eigenvalue weighted by molar-refractivity contribution is 0.168. The van der Waals surface area contributed by atoms with Crippen LogP contribution in [-0.2, 0) is 4.74 Å². The zero-order valence-corrected chi connectivity index (χ0v) is 23.4. The Labute approximate surface area is 237 Å². The number of carbonyl (C=O) groups excluding carboxylic acids is 1. The lowest BCUT2D eigenvalue weighted by Crippen LogP contribution is -2.12. The third-order valence-corrected chi connectivity index (χ3v) is 7.66. The van der Waals surface area contributed by atoms with Gasteiger partial charge in [0.15, 0.2) is 11.0 Å². The van der Waals surface area contributed by atoms with E-state index in [1.807, 2.05) is 24.3 Å². The van der Waals surface area contributed by atoms with E-state index >= 15 is 0 Å². The first-order valence-corrected chi connectivity index (χ1v) is 14.3. The second kappa shape index (κ2) is 13.3. The fourth-order valence-corrected chi connectivity index (χ4v) is 5.50. The number of thiazole rings is 1. The van der Waals surface area contributed by atoms with Crippen molar-refractivity contribution in [2.24, 2.45) is 5.92 Å². The molecule has 1 aliphatic rings. The van der Waals surface area contributed by atoms with Crippen LogP contribution in [0.15, 0.2) is 49.1 Å². The molecule has 11 heteroatoms. The largest absolute Gasteiger partial charge is 0.496 e. The third kappa shape index (κ3) is 6.90. The van der Waals surface area contributed by atoms with Crippen LogP contribution in [0.2, 0.25) is 0 Å². The number of methoxy groups -OCH3 is 1. The highest BCUT2D eigenvalue weighted by molar-refractivity contribution is 7.19. The molecule has 10 nitrogen and oxygen atoms in total. The predicted octanol–water partition coefficient (Wildman–Crippen LogP) is 6.65. The molecule has 208 valence electrons. The van der Waals surface area contributed by atoms with E-state index in [9.17, 15) is 4.79 Å². The number of nitrogens with zero attached hydrogens (tertiary/aromatic N) is 5. The van der Waals surface area contributed by atoms with Gasteiger partial charge in [-0.3, -0.25) is 10.3 Å². The van der Waals surface area contributed by atoms with Gasteiger partial charge in [0.05, 0.1) is 42.8 Å². The Bertz CT molecular complexity index is 1430. The third-order valence-electron chi connectivity index (χ3n) is 6.73. The number of rotatable bonds is 10. The average molecular weight is 561 g/mol. The molecule has 4 aromatic rings. The summed E-state index contributed by atoms with van der Waals surface area (Å²) in [5.41, 5.74) is 2.54. The van der Waals surface area contributed by atoms with Crippen LogP contribution in [0.5, 0.6) is 11.5 Å². The van der Waals surface area contributed by atoms with Crippen LogP contribution in [0.4, 0.5) is 9.93 Å². The van der Waals surface area contributed by atoms with Crippen LogP contribution in [0.1, 0.15) is 45.4 Å². The maximum absolute atomic E-state index is 11.9. The van der Waals surface area contributed by atoms with E-state index in [-0.39, 0.29) is 6.61 Å². The van der Waals surface area contributed by atoms with Gasteiger partial charge in [-0.2, -0.15) is 0 Å². The van der Waals surface area contributed by atoms with Gasteiger partial charge in [0.1, 0.15) is 17.2 Å². The summed E-state index contributed by atoms with van der Waals surface area (Å²) in [5, 5.41) is 3.04. The maximum atomic E-state index is 11.9. The van der Waals surface area contributed by atoms with Crippen molar-refractivity contribution >= 4 is 22.6 Å². The monoisotopic (exact) mass is 560 g/mol. The average Bonchev–Trinajstić information content (AvgIpc) is 3.46. The van der Waals surface area contributed by atoms with E-state index in [2.05, 4.69) is 20.3 Å². The normalized spacial score (nSPS) is 13.6. The molecule has 1 aliphatic carbocycles. The lowest BCUT2D eigenvalue weighted by atomic mass is 9.87. The van der Waals surface area contributed by atoms with E-state index in [4.69, 9.17) is 24.2 Å². The molecule has 0 radical (unpaired) electrons. The molecule has 40 heavy (non-hydrogen) atoms. The standard InChI is InChI=1S/C29H32N6O4S/c1-3-38-29(36)35-28-32-18-26(40-28)23-16-22(33-27(34-23)24-17-30-12-13-31-24)21-15-20(9-10-25(21)37-2)39-14-11-19-7-5-4-6-8-19/h9-10,12-13,15-19H,3-8,11,14H2,1-2H3,(H,32,35,36). The number of hydrogen-bond donors (Lipinski definition) is 1. The van der Waals surface area contributed by atoms with Crippen LogP contribution >= 0.6 is 11.3 Å². The Hall–Kier alpha value is -4.12. The molecule has 0 spiro atoms. The molecule has 3 heterocycles. The van der Waals surface area contributed by atoms with Gasteiger partial charge in [0.25, 0.3) is 0 Å². The molecule has 1 aromatic carbocycles. The Morgan fingerprint density at radius 1 is 1.02 bits per heavy atom. The van der Waals surface area contributed by atoms with Crippen molar-refractivity contribution in [2.45, 2.75) is 45.4 Å². The van der Waals surface area contributed by atoms with Crippen LogP contribution in [0.25, 0.3) is 33.3 Å². The number of anilines is 1. The summed E-state index contributed by atoms with van der Waals surface area (Å²) in [7, 11) is 1.63. The molecule has 0 bridgehead atoms. The Balaban J connectivity index is 1.47. The number of benzene rings is 1. The molecule has 0 aliphatic heterocycles. The Morgan fingerprint density at radius 3 is 2.65 bits per heavy atom. The SMILES string of the molecule is CCOC(=O)Nc1ncc(-c2cc(-c3cc(OCCC4CCCCC4)ccc3OC)nc(-c3cnccn3)n2)s1. The van der Waals surface area contributed by atoms with E-state index in [0.29, 0.717) is 40.4 Å².